The molecule has 0 saturated carbocycles. The lowest BCUT2D eigenvalue weighted by atomic mass is 9.93. The molecule has 0 unspecified atom stereocenters. The van der Waals surface area contributed by atoms with Crippen LogP contribution >= 0.6 is 0 Å². The number of nitrogens with zero attached hydrogens (tertiary/aromatic N) is 1. The van der Waals surface area contributed by atoms with E-state index in [9.17, 15) is 27.6 Å². The number of carbonyl (C=O) groups is 3. The second-order valence-corrected chi connectivity index (χ2v) is 8.13. The zero-order valence-electron chi connectivity index (χ0n) is 18.6. The van der Waals surface area contributed by atoms with Crippen molar-refractivity contribution in [3.63, 3.8) is 0 Å². The molecule has 1 heterocycles. The van der Waals surface area contributed by atoms with Crippen molar-refractivity contribution in [1.29, 1.82) is 0 Å². The van der Waals surface area contributed by atoms with Crippen molar-refractivity contribution in [2.75, 3.05) is 18.9 Å². The van der Waals surface area contributed by atoms with Gasteiger partial charge >= 0.3 is 12.1 Å². The topological polar surface area (TPSA) is 75.7 Å². The molecule has 0 aliphatic carbocycles. The molecular weight excluding hydrogens is 461 g/mol. The number of para-hydroxylation sites is 1. The minimum Gasteiger partial charge on any atom is -0.454 e. The monoisotopic (exact) mass is 482 g/mol. The van der Waals surface area contributed by atoms with Crippen LogP contribution in [-0.2, 0) is 22.1 Å². The van der Waals surface area contributed by atoms with Gasteiger partial charge in [0.2, 0.25) is 5.91 Å². The maximum absolute atomic E-state index is 13.2. The fourth-order valence-corrected chi connectivity index (χ4v) is 3.92. The van der Waals surface area contributed by atoms with Crippen molar-refractivity contribution >= 4 is 23.5 Å². The van der Waals surface area contributed by atoms with E-state index in [4.69, 9.17) is 4.74 Å². The van der Waals surface area contributed by atoms with Gasteiger partial charge in [0.15, 0.2) is 0 Å². The normalized spacial score (nSPS) is 15.1. The van der Waals surface area contributed by atoms with Crippen LogP contribution in [0.15, 0.2) is 72.8 Å². The molecule has 35 heavy (non-hydrogen) atoms. The van der Waals surface area contributed by atoms with Crippen LogP contribution in [0.3, 0.4) is 0 Å². The minimum atomic E-state index is -4.63. The highest BCUT2D eigenvalue weighted by atomic mass is 19.4. The Labute approximate surface area is 199 Å². The van der Waals surface area contributed by atoms with Crippen molar-refractivity contribution in [3.05, 3.63) is 101 Å². The Morgan fingerprint density at radius 1 is 1.03 bits per heavy atom. The molecule has 0 radical (unpaired) electrons. The Bertz CT molecular complexity index is 1280. The fourth-order valence-electron chi connectivity index (χ4n) is 3.92. The van der Waals surface area contributed by atoms with Gasteiger partial charge in [-0.15, -0.1) is 0 Å². The number of anilines is 1. The van der Waals surface area contributed by atoms with Gasteiger partial charge in [0.1, 0.15) is 6.10 Å². The van der Waals surface area contributed by atoms with Gasteiger partial charge in [-0.2, -0.15) is 13.2 Å². The van der Waals surface area contributed by atoms with Crippen molar-refractivity contribution < 1.29 is 32.3 Å². The molecule has 1 N–H and O–H groups in total. The van der Waals surface area contributed by atoms with Crippen LogP contribution in [0.1, 0.15) is 43.5 Å². The number of cyclic esters (lactones) is 1. The summed E-state index contributed by atoms with van der Waals surface area (Å²) < 4.78 is 45.0. The predicted octanol–water partition coefficient (Wildman–Crippen LogP) is 4.87. The van der Waals surface area contributed by atoms with Gasteiger partial charge in [-0.25, -0.2) is 4.79 Å². The van der Waals surface area contributed by atoms with Gasteiger partial charge in [-0.05, 0) is 41.5 Å². The molecule has 9 heteroatoms. The number of hydrogen-bond donors (Lipinski definition) is 1. The smallest absolute Gasteiger partial charge is 0.418 e. The highest BCUT2D eigenvalue weighted by Crippen LogP contribution is 2.34. The van der Waals surface area contributed by atoms with E-state index in [1.54, 1.807) is 6.07 Å². The van der Waals surface area contributed by atoms with Gasteiger partial charge < -0.3 is 15.0 Å². The van der Waals surface area contributed by atoms with Crippen molar-refractivity contribution in [2.45, 2.75) is 18.7 Å². The summed E-state index contributed by atoms with van der Waals surface area (Å²) >= 11 is 0. The minimum absolute atomic E-state index is 0.247. The number of nitrogens with one attached hydrogen (secondary N) is 1. The second-order valence-electron chi connectivity index (χ2n) is 8.13. The van der Waals surface area contributed by atoms with E-state index >= 15 is 0 Å². The Balaban J connectivity index is 1.47. The predicted molar refractivity (Wildman–Crippen MR) is 122 cm³/mol. The molecule has 3 aromatic carbocycles. The Morgan fingerprint density at radius 2 is 1.71 bits per heavy atom. The molecule has 1 aliphatic rings. The molecule has 1 atom stereocenters. The SMILES string of the molecule is CN(CC(=O)Nc1ccccc1C(F)(F)F)C(=O)c1ccc2c(c1)C[C@@H](c1ccccc1)OC2=O. The third-order valence-electron chi connectivity index (χ3n) is 5.63. The van der Waals surface area contributed by atoms with Gasteiger partial charge in [-0.3, -0.25) is 9.59 Å². The molecule has 0 spiro atoms. The summed E-state index contributed by atoms with van der Waals surface area (Å²) in [4.78, 5) is 38.9. The molecule has 1 aliphatic heterocycles. The molecule has 0 fully saturated rings. The van der Waals surface area contributed by atoms with Gasteiger partial charge in [0, 0.05) is 19.0 Å². The highest BCUT2D eigenvalue weighted by molar-refractivity contribution is 6.01. The summed E-state index contributed by atoms with van der Waals surface area (Å²) in [6.07, 6.45) is -4.74. The first kappa shape index (κ1) is 24.0. The van der Waals surface area contributed by atoms with Gasteiger partial charge in [-0.1, -0.05) is 42.5 Å². The first-order chi connectivity index (χ1) is 16.6. The van der Waals surface area contributed by atoms with Crippen LogP contribution in [-0.4, -0.2) is 36.3 Å². The largest absolute Gasteiger partial charge is 0.454 e. The first-order valence-electron chi connectivity index (χ1n) is 10.7. The summed E-state index contributed by atoms with van der Waals surface area (Å²) in [7, 11) is 1.37. The van der Waals surface area contributed by atoms with Crippen LogP contribution in [0, 0.1) is 0 Å². The van der Waals surface area contributed by atoms with E-state index in [1.165, 1.54) is 31.3 Å². The number of hydrogen-bond acceptors (Lipinski definition) is 4. The van der Waals surface area contributed by atoms with Crippen molar-refractivity contribution in [3.8, 4) is 0 Å². The summed E-state index contributed by atoms with van der Waals surface area (Å²) in [5.41, 5.74) is 0.713. The number of halogens is 3. The lowest BCUT2D eigenvalue weighted by molar-refractivity contribution is -0.137. The zero-order chi connectivity index (χ0) is 25.2. The van der Waals surface area contributed by atoms with Gasteiger partial charge in [0.05, 0.1) is 23.4 Å². The number of fused-ring (bicyclic) bond motifs is 1. The Kier molecular flexibility index (Phi) is 6.59. The third kappa shape index (κ3) is 5.34. The van der Waals surface area contributed by atoms with Crippen LogP contribution in [0.5, 0.6) is 0 Å². The Hall–Kier alpha value is -4.14. The first-order valence-corrected chi connectivity index (χ1v) is 10.7. The molecule has 2 amide bonds. The van der Waals surface area contributed by atoms with E-state index in [-0.39, 0.29) is 11.3 Å². The summed E-state index contributed by atoms with van der Waals surface area (Å²) in [6, 6.07) is 18.4. The van der Waals surface area contributed by atoms with Crippen molar-refractivity contribution in [1.82, 2.24) is 4.90 Å². The van der Waals surface area contributed by atoms with E-state index in [0.29, 0.717) is 17.5 Å². The standard InChI is InChI=1S/C26H21F3N2O4/c1-31(15-23(32)30-21-10-6-5-9-20(21)26(27,28)29)24(33)17-11-12-19-18(13-17)14-22(35-25(19)34)16-7-3-2-4-8-16/h2-13,22H,14-15H2,1H3,(H,30,32)/t22-/m0/s1. The molecule has 0 saturated heterocycles. The number of esters is 1. The zero-order valence-corrected chi connectivity index (χ0v) is 18.6. The maximum atomic E-state index is 13.2. The van der Waals surface area contributed by atoms with Crippen LogP contribution < -0.4 is 5.32 Å². The second kappa shape index (κ2) is 9.61. The van der Waals surface area contributed by atoms with E-state index in [0.717, 1.165) is 22.6 Å². The van der Waals surface area contributed by atoms with Crippen LogP contribution in [0.4, 0.5) is 18.9 Å². The quantitative estimate of drug-likeness (QED) is 0.527. The number of amides is 2. The summed E-state index contributed by atoms with van der Waals surface area (Å²) in [6.45, 7) is -0.462. The van der Waals surface area contributed by atoms with Crippen LogP contribution in [0.2, 0.25) is 0 Å². The summed E-state index contributed by atoms with van der Waals surface area (Å²) in [5.74, 6) is -1.78. The molecule has 180 valence electrons. The van der Waals surface area contributed by atoms with Crippen LogP contribution in [0.25, 0.3) is 0 Å². The molecule has 6 nitrogen and oxygen atoms in total. The maximum Gasteiger partial charge on any atom is 0.418 e. The highest BCUT2D eigenvalue weighted by Gasteiger charge is 2.34. The average molecular weight is 482 g/mol. The lowest BCUT2D eigenvalue weighted by Crippen LogP contribution is -2.35. The van der Waals surface area contributed by atoms with E-state index in [2.05, 4.69) is 5.32 Å². The van der Waals surface area contributed by atoms with E-state index in [1.807, 2.05) is 30.3 Å². The third-order valence-corrected chi connectivity index (χ3v) is 5.63. The number of ether oxygens (including phenoxy) is 1. The molecular formula is C26H21F3N2O4. The number of alkyl halides is 3. The Morgan fingerprint density at radius 3 is 2.43 bits per heavy atom. The average Bonchev–Trinajstić information content (AvgIpc) is 2.83. The number of benzene rings is 3. The number of carbonyl (C=O) groups excluding carboxylic acids is 3. The fraction of sp³-hybridized carbons (Fsp3) is 0.192. The lowest BCUT2D eigenvalue weighted by Gasteiger charge is -2.26. The van der Waals surface area contributed by atoms with Crippen molar-refractivity contribution in [2.24, 2.45) is 0 Å². The molecule has 0 aromatic heterocycles. The number of rotatable bonds is 5. The molecule has 0 bridgehead atoms. The molecule has 4 rings (SSSR count). The summed E-state index contributed by atoms with van der Waals surface area (Å²) in [5, 5.41) is 2.22. The number of likely N-dealkylation sites (N-methyl/N-ethyl adjacent to an activating group) is 1. The van der Waals surface area contributed by atoms with E-state index < -0.39 is 42.2 Å². The van der Waals surface area contributed by atoms with Gasteiger partial charge in [0.25, 0.3) is 5.91 Å². The molecule has 3 aromatic rings.